The Hall–Kier alpha value is -1.75. The molecule has 3 unspecified atom stereocenters. The second-order valence-corrected chi connectivity index (χ2v) is 4.80. The van der Waals surface area contributed by atoms with Crippen LogP contribution in [-0.4, -0.2) is 18.0 Å². The van der Waals surface area contributed by atoms with Gasteiger partial charge in [-0.2, -0.15) is 0 Å². The first-order valence-electron chi connectivity index (χ1n) is 5.61. The summed E-state index contributed by atoms with van der Waals surface area (Å²) >= 11 is 5.82. The van der Waals surface area contributed by atoms with Gasteiger partial charge in [-0.3, -0.25) is 4.79 Å². The molecule has 1 fully saturated rings. The highest BCUT2D eigenvalue weighted by molar-refractivity contribution is 6.30. The Morgan fingerprint density at radius 1 is 1.28 bits per heavy atom. The molecule has 1 aliphatic rings. The van der Waals surface area contributed by atoms with Gasteiger partial charge >= 0.3 is 6.03 Å². The summed E-state index contributed by atoms with van der Waals surface area (Å²) < 4.78 is 0. The quantitative estimate of drug-likeness (QED) is 0.752. The maximum atomic E-state index is 11.5. The van der Waals surface area contributed by atoms with E-state index < -0.39 is 17.9 Å². The highest BCUT2D eigenvalue weighted by Gasteiger charge is 2.38. The third-order valence-corrected chi connectivity index (χ3v) is 3.35. The van der Waals surface area contributed by atoms with Crippen molar-refractivity contribution in [1.29, 1.82) is 0 Å². The predicted octanol–water partition coefficient (Wildman–Crippen LogP) is 1.18. The van der Waals surface area contributed by atoms with Crippen LogP contribution in [0.5, 0.6) is 0 Å². The zero-order chi connectivity index (χ0) is 13.3. The number of carbonyl (C=O) groups excluding carboxylic acids is 2. The van der Waals surface area contributed by atoms with Gasteiger partial charge in [0.25, 0.3) is 0 Å². The van der Waals surface area contributed by atoms with Gasteiger partial charge in [0.1, 0.15) is 0 Å². The second kappa shape index (κ2) is 4.86. The molecule has 96 valence electrons. The first-order valence-corrected chi connectivity index (χ1v) is 5.98. The number of nitrogens with two attached hydrogens (primary N) is 1. The second-order valence-electron chi connectivity index (χ2n) is 4.36. The molecule has 18 heavy (non-hydrogen) atoms. The van der Waals surface area contributed by atoms with Crippen molar-refractivity contribution in [1.82, 2.24) is 10.6 Å². The van der Waals surface area contributed by atoms with E-state index in [1.54, 1.807) is 31.2 Å². The average Bonchev–Trinajstić information content (AvgIpc) is 2.28. The maximum Gasteiger partial charge on any atom is 0.315 e. The van der Waals surface area contributed by atoms with Gasteiger partial charge in [0, 0.05) is 11.1 Å². The largest absolute Gasteiger partial charge is 0.369 e. The minimum atomic E-state index is -0.496. The highest BCUT2D eigenvalue weighted by atomic mass is 35.5. The highest BCUT2D eigenvalue weighted by Crippen LogP contribution is 2.28. The Morgan fingerprint density at radius 2 is 1.89 bits per heavy atom. The van der Waals surface area contributed by atoms with Crippen LogP contribution in [0.2, 0.25) is 5.02 Å². The van der Waals surface area contributed by atoms with E-state index in [1.807, 2.05) is 0 Å². The van der Waals surface area contributed by atoms with Gasteiger partial charge < -0.3 is 16.4 Å². The Labute approximate surface area is 110 Å². The van der Waals surface area contributed by atoms with E-state index in [4.69, 9.17) is 17.3 Å². The van der Waals surface area contributed by atoms with Crippen molar-refractivity contribution in [3.63, 3.8) is 0 Å². The topological polar surface area (TPSA) is 84.2 Å². The van der Waals surface area contributed by atoms with Crippen molar-refractivity contribution in [2.24, 2.45) is 11.7 Å². The molecular formula is C12H14ClN3O2. The van der Waals surface area contributed by atoms with Gasteiger partial charge in [0.05, 0.1) is 12.0 Å². The minimum Gasteiger partial charge on any atom is -0.369 e. The molecule has 0 saturated carbocycles. The Kier molecular flexibility index (Phi) is 3.43. The molecule has 4 N–H and O–H groups in total. The number of amides is 3. The molecule has 1 aliphatic heterocycles. The standard InChI is InChI=1S/C12H14ClN3O2/c1-6-9(11(14)17)10(16-12(18)15-6)7-2-4-8(13)5-3-7/h2-6,9-10H,1H3,(H2,14,17)(H2,15,16,18). The molecule has 1 saturated heterocycles. The molecule has 1 heterocycles. The van der Waals surface area contributed by atoms with E-state index in [2.05, 4.69) is 10.6 Å². The molecular weight excluding hydrogens is 254 g/mol. The number of urea groups is 1. The van der Waals surface area contributed by atoms with Crippen LogP contribution in [0.1, 0.15) is 18.5 Å². The molecule has 6 heteroatoms. The van der Waals surface area contributed by atoms with Crippen LogP contribution < -0.4 is 16.4 Å². The lowest BCUT2D eigenvalue weighted by Crippen LogP contribution is -2.58. The third kappa shape index (κ3) is 2.41. The SMILES string of the molecule is CC1NC(=O)NC(c2ccc(Cl)cc2)C1C(N)=O. The van der Waals surface area contributed by atoms with Crippen LogP contribution in [-0.2, 0) is 4.79 Å². The zero-order valence-electron chi connectivity index (χ0n) is 9.81. The summed E-state index contributed by atoms with van der Waals surface area (Å²) in [5, 5.41) is 5.96. The number of hydrogen-bond acceptors (Lipinski definition) is 2. The van der Waals surface area contributed by atoms with E-state index >= 15 is 0 Å². The molecule has 0 bridgehead atoms. The van der Waals surface area contributed by atoms with Crippen molar-refractivity contribution in [3.8, 4) is 0 Å². The lowest BCUT2D eigenvalue weighted by atomic mass is 9.85. The minimum absolute atomic E-state index is 0.306. The van der Waals surface area contributed by atoms with Gasteiger partial charge in [0.15, 0.2) is 0 Å². The van der Waals surface area contributed by atoms with Gasteiger partial charge in [-0.25, -0.2) is 4.79 Å². The number of nitrogens with one attached hydrogen (secondary N) is 2. The molecule has 0 spiro atoms. The number of halogens is 1. The van der Waals surface area contributed by atoms with Gasteiger partial charge in [-0.1, -0.05) is 23.7 Å². The van der Waals surface area contributed by atoms with Gasteiger partial charge in [-0.05, 0) is 24.6 Å². The zero-order valence-corrected chi connectivity index (χ0v) is 10.6. The molecule has 3 amide bonds. The average molecular weight is 268 g/mol. The third-order valence-electron chi connectivity index (χ3n) is 3.10. The molecule has 0 aliphatic carbocycles. The summed E-state index contributed by atoms with van der Waals surface area (Å²) in [5.41, 5.74) is 6.21. The van der Waals surface area contributed by atoms with Crippen LogP contribution in [0, 0.1) is 5.92 Å². The van der Waals surface area contributed by atoms with Crippen LogP contribution in [0.25, 0.3) is 0 Å². The van der Waals surface area contributed by atoms with E-state index in [-0.39, 0.29) is 12.1 Å². The summed E-state index contributed by atoms with van der Waals surface area (Å²) in [5.74, 6) is -0.946. The summed E-state index contributed by atoms with van der Waals surface area (Å²) in [4.78, 5) is 23.0. The summed E-state index contributed by atoms with van der Waals surface area (Å²) in [6.45, 7) is 1.76. The number of hydrogen-bond donors (Lipinski definition) is 3. The fourth-order valence-electron chi connectivity index (χ4n) is 2.23. The fraction of sp³-hybridized carbons (Fsp3) is 0.333. The van der Waals surface area contributed by atoms with E-state index in [0.29, 0.717) is 5.02 Å². The van der Waals surface area contributed by atoms with E-state index in [1.165, 1.54) is 0 Å². The van der Waals surface area contributed by atoms with Gasteiger partial charge in [-0.15, -0.1) is 0 Å². The van der Waals surface area contributed by atoms with Crippen molar-refractivity contribution in [2.45, 2.75) is 19.0 Å². The van der Waals surface area contributed by atoms with Crippen molar-refractivity contribution in [3.05, 3.63) is 34.9 Å². The maximum absolute atomic E-state index is 11.5. The van der Waals surface area contributed by atoms with Crippen LogP contribution in [0.4, 0.5) is 4.79 Å². The van der Waals surface area contributed by atoms with Crippen LogP contribution in [0.15, 0.2) is 24.3 Å². The van der Waals surface area contributed by atoms with Crippen molar-refractivity contribution in [2.75, 3.05) is 0 Å². The molecule has 3 atom stereocenters. The molecule has 1 aromatic carbocycles. The normalized spacial score (nSPS) is 27.2. The van der Waals surface area contributed by atoms with Crippen LogP contribution >= 0.6 is 11.6 Å². The van der Waals surface area contributed by atoms with Gasteiger partial charge in [0.2, 0.25) is 5.91 Å². The number of primary amides is 1. The molecule has 0 aromatic heterocycles. The molecule has 5 nitrogen and oxygen atoms in total. The Balaban J connectivity index is 2.34. The lowest BCUT2D eigenvalue weighted by molar-refractivity contribution is -0.123. The molecule has 1 aromatic rings. The fourth-order valence-corrected chi connectivity index (χ4v) is 2.36. The van der Waals surface area contributed by atoms with Crippen molar-refractivity contribution < 1.29 is 9.59 Å². The molecule has 2 rings (SSSR count). The number of rotatable bonds is 2. The first-order chi connectivity index (χ1) is 8.49. The summed E-state index contributed by atoms with van der Waals surface area (Å²) in [6, 6.07) is 5.95. The van der Waals surface area contributed by atoms with E-state index in [9.17, 15) is 9.59 Å². The summed E-state index contributed by atoms with van der Waals surface area (Å²) in [7, 11) is 0. The van der Waals surface area contributed by atoms with E-state index in [0.717, 1.165) is 5.56 Å². The Morgan fingerprint density at radius 3 is 2.44 bits per heavy atom. The first kappa shape index (κ1) is 12.7. The van der Waals surface area contributed by atoms with Crippen molar-refractivity contribution >= 4 is 23.5 Å². The monoisotopic (exact) mass is 267 g/mol. The Bertz CT molecular complexity index is 475. The predicted molar refractivity (Wildman–Crippen MR) is 68.0 cm³/mol. The molecule has 0 radical (unpaired) electrons. The lowest BCUT2D eigenvalue weighted by Gasteiger charge is -2.36. The number of benzene rings is 1. The summed E-state index contributed by atoms with van der Waals surface area (Å²) in [6.07, 6.45) is 0. The smallest absolute Gasteiger partial charge is 0.315 e. The number of carbonyl (C=O) groups is 2. The van der Waals surface area contributed by atoms with Crippen LogP contribution in [0.3, 0.4) is 0 Å².